The SMILES string of the molecule is Cn1nnc(C=O)c1-c1cccnc1. The molecule has 0 saturated carbocycles. The van der Waals surface area contributed by atoms with Gasteiger partial charge in [0.05, 0.1) is 0 Å². The second kappa shape index (κ2) is 3.37. The van der Waals surface area contributed by atoms with Crippen molar-refractivity contribution in [1.29, 1.82) is 0 Å². The predicted molar refractivity (Wildman–Crippen MR) is 49.6 cm³/mol. The number of carbonyl (C=O) groups is 1. The maximum Gasteiger partial charge on any atom is 0.172 e. The second-order valence-corrected chi connectivity index (χ2v) is 2.81. The van der Waals surface area contributed by atoms with E-state index in [9.17, 15) is 4.79 Å². The Kier molecular flexibility index (Phi) is 2.06. The van der Waals surface area contributed by atoms with Crippen LogP contribution < -0.4 is 0 Å². The summed E-state index contributed by atoms with van der Waals surface area (Å²) < 4.78 is 1.56. The van der Waals surface area contributed by atoms with E-state index in [1.54, 1.807) is 30.2 Å². The minimum absolute atomic E-state index is 0.334. The summed E-state index contributed by atoms with van der Waals surface area (Å²) in [5.41, 5.74) is 1.86. The van der Waals surface area contributed by atoms with Gasteiger partial charge in [-0.05, 0) is 12.1 Å². The lowest BCUT2D eigenvalue weighted by Crippen LogP contribution is -1.95. The monoisotopic (exact) mass is 188 g/mol. The summed E-state index contributed by atoms with van der Waals surface area (Å²) in [6, 6.07) is 3.66. The first kappa shape index (κ1) is 8.55. The van der Waals surface area contributed by atoms with Crippen LogP contribution in [-0.4, -0.2) is 26.3 Å². The first-order valence-electron chi connectivity index (χ1n) is 4.08. The number of hydrogen-bond donors (Lipinski definition) is 0. The molecule has 0 amide bonds. The molecule has 0 aromatic carbocycles. The fraction of sp³-hybridized carbons (Fsp3) is 0.111. The Balaban J connectivity index is 2.61. The first-order chi connectivity index (χ1) is 6.83. The largest absolute Gasteiger partial charge is 0.296 e. The summed E-state index contributed by atoms with van der Waals surface area (Å²) in [5, 5.41) is 7.50. The van der Waals surface area contributed by atoms with Gasteiger partial charge in [0.2, 0.25) is 0 Å². The number of pyridine rings is 1. The minimum Gasteiger partial charge on any atom is -0.296 e. The molecule has 5 heteroatoms. The molecule has 2 aromatic heterocycles. The second-order valence-electron chi connectivity index (χ2n) is 2.81. The molecule has 14 heavy (non-hydrogen) atoms. The zero-order valence-corrected chi connectivity index (χ0v) is 7.58. The molecule has 0 aliphatic carbocycles. The zero-order valence-electron chi connectivity index (χ0n) is 7.58. The van der Waals surface area contributed by atoms with Crippen LogP contribution in [0.3, 0.4) is 0 Å². The van der Waals surface area contributed by atoms with Crippen molar-refractivity contribution in [2.75, 3.05) is 0 Å². The van der Waals surface area contributed by atoms with Gasteiger partial charge in [-0.25, -0.2) is 4.68 Å². The molecule has 0 spiro atoms. The lowest BCUT2D eigenvalue weighted by Gasteiger charge is -1.99. The molecule has 2 aromatic rings. The predicted octanol–water partition coefficient (Wildman–Crippen LogP) is 0.690. The summed E-state index contributed by atoms with van der Waals surface area (Å²) in [6.45, 7) is 0. The number of nitrogens with zero attached hydrogens (tertiary/aromatic N) is 4. The van der Waals surface area contributed by atoms with E-state index in [1.165, 1.54) is 0 Å². The number of carbonyl (C=O) groups excluding carboxylic acids is 1. The lowest BCUT2D eigenvalue weighted by molar-refractivity contribution is 0.111. The van der Waals surface area contributed by atoms with Crippen LogP contribution in [-0.2, 0) is 7.05 Å². The fourth-order valence-corrected chi connectivity index (χ4v) is 1.29. The van der Waals surface area contributed by atoms with Gasteiger partial charge in [-0.3, -0.25) is 9.78 Å². The van der Waals surface area contributed by atoms with Crippen LogP contribution in [0, 0.1) is 0 Å². The molecule has 2 rings (SSSR count). The first-order valence-corrected chi connectivity index (χ1v) is 4.08. The molecule has 0 radical (unpaired) electrons. The van der Waals surface area contributed by atoms with Crippen LogP contribution in [0.2, 0.25) is 0 Å². The van der Waals surface area contributed by atoms with E-state index in [4.69, 9.17) is 0 Å². The maximum absolute atomic E-state index is 10.7. The van der Waals surface area contributed by atoms with E-state index in [0.29, 0.717) is 17.7 Å². The Hall–Kier alpha value is -2.04. The van der Waals surface area contributed by atoms with Crippen molar-refractivity contribution in [2.45, 2.75) is 0 Å². The van der Waals surface area contributed by atoms with Gasteiger partial charge in [-0.1, -0.05) is 5.21 Å². The van der Waals surface area contributed by atoms with Crippen LogP contribution in [0.4, 0.5) is 0 Å². The highest BCUT2D eigenvalue weighted by molar-refractivity contribution is 5.82. The summed E-state index contributed by atoms with van der Waals surface area (Å²) >= 11 is 0. The van der Waals surface area contributed by atoms with Crippen molar-refractivity contribution in [3.05, 3.63) is 30.2 Å². The summed E-state index contributed by atoms with van der Waals surface area (Å²) in [6.07, 6.45) is 4.04. The molecule has 0 unspecified atom stereocenters. The molecule has 0 fully saturated rings. The quantitative estimate of drug-likeness (QED) is 0.650. The van der Waals surface area contributed by atoms with Gasteiger partial charge in [-0.15, -0.1) is 5.10 Å². The Morgan fingerprint density at radius 3 is 3.00 bits per heavy atom. The summed E-state index contributed by atoms with van der Waals surface area (Å²) in [5.74, 6) is 0. The van der Waals surface area contributed by atoms with Gasteiger partial charge in [0.15, 0.2) is 12.0 Å². The highest BCUT2D eigenvalue weighted by Gasteiger charge is 2.11. The third kappa shape index (κ3) is 1.28. The van der Waals surface area contributed by atoms with Crippen molar-refractivity contribution in [3.63, 3.8) is 0 Å². The third-order valence-electron chi connectivity index (χ3n) is 1.90. The fourth-order valence-electron chi connectivity index (χ4n) is 1.29. The summed E-state index contributed by atoms with van der Waals surface area (Å²) in [4.78, 5) is 14.7. The number of aromatic nitrogens is 4. The lowest BCUT2D eigenvalue weighted by atomic mass is 10.2. The van der Waals surface area contributed by atoms with Crippen molar-refractivity contribution >= 4 is 6.29 Å². The molecule has 0 bridgehead atoms. The molecule has 5 nitrogen and oxygen atoms in total. The van der Waals surface area contributed by atoms with Gasteiger partial charge in [0.1, 0.15) is 5.69 Å². The van der Waals surface area contributed by atoms with E-state index in [1.807, 2.05) is 6.07 Å². The maximum atomic E-state index is 10.7. The van der Waals surface area contributed by atoms with Crippen molar-refractivity contribution in [1.82, 2.24) is 20.0 Å². The number of hydrogen-bond acceptors (Lipinski definition) is 4. The normalized spacial score (nSPS) is 10.1. The van der Waals surface area contributed by atoms with Crippen molar-refractivity contribution < 1.29 is 4.79 Å². The Morgan fingerprint density at radius 1 is 1.50 bits per heavy atom. The average Bonchev–Trinajstić information content (AvgIpc) is 2.61. The highest BCUT2D eigenvalue weighted by atomic mass is 16.1. The summed E-state index contributed by atoms with van der Waals surface area (Å²) in [7, 11) is 1.74. The molecule has 2 heterocycles. The molecule has 0 aliphatic heterocycles. The van der Waals surface area contributed by atoms with Gasteiger partial charge in [0.25, 0.3) is 0 Å². The van der Waals surface area contributed by atoms with Crippen LogP contribution in [0.15, 0.2) is 24.5 Å². The van der Waals surface area contributed by atoms with E-state index in [-0.39, 0.29) is 0 Å². The number of rotatable bonds is 2. The Bertz CT molecular complexity index is 449. The standard InChI is InChI=1S/C9H8N4O/c1-13-9(8(6-14)11-12-13)7-3-2-4-10-5-7/h2-6H,1H3. The zero-order chi connectivity index (χ0) is 9.97. The Morgan fingerprint density at radius 2 is 2.36 bits per heavy atom. The van der Waals surface area contributed by atoms with E-state index >= 15 is 0 Å². The molecule has 0 aliphatic rings. The van der Waals surface area contributed by atoms with Crippen LogP contribution >= 0.6 is 0 Å². The van der Waals surface area contributed by atoms with Gasteiger partial charge in [0, 0.05) is 25.0 Å². The van der Waals surface area contributed by atoms with Crippen molar-refractivity contribution in [3.8, 4) is 11.3 Å². The minimum atomic E-state index is 0.334. The molecule has 0 saturated heterocycles. The Labute approximate surface area is 80.4 Å². The topological polar surface area (TPSA) is 60.7 Å². The number of aldehydes is 1. The van der Waals surface area contributed by atoms with Crippen molar-refractivity contribution in [2.24, 2.45) is 7.05 Å². The van der Waals surface area contributed by atoms with Crippen LogP contribution in [0.25, 0.3) is 11.3 Å². The van der Waals surface area contributed by atoms with Crippen LogP contribution in [0.5, 0.6) is 0 Å². The molecule has 0 atom stereocenters. The number of aryl methyl sites for hydroxylation is 1. The molecular formula is C9H8N4O. The average molecular weight is 188 g/mol. The van der Waals surface area contributed by atoms with E-state index in [2.05, 4.69) is 15.3 Å². The van der Waals surface area contributed by atoms with Gasteiger partial charge in [-0.2, -0.15) is 0 Å². The van der Waals surface area contributed by atoms with Crippen LogP contribution in [0.1, 0.15) is 10.5 Å². The smallest absolute Gasteiger partial charge is 0.172 e. The third-order valence-corrected chi connectivity index (χ3v) is 1.90. The van der Waals surface area contributed by atoms with Gasteiger partial charge >= 0.3 is 0 Å². The molecular weight excluding hydrogens is 180 g/mol. The van der Waals surface area contributed by atoms with E-state index in [0.717, 1.165) is 5.56 Å². The molecule has 70 valence electrons. The molecule has 0 N–H and O–H groups in total. The van der Waals surface area contributed by atoms with Gasteiger partial charge < -0.3 is 0 Å². The van der Waals surface area contributed by atoms with E-state index < -0.39 is 0 Å². The highest BCUT2D eigenvalue weighted by Crippen LogP contribution is 2.18.